The molecule has 0 saturated carbocycles. The summed E-state index contributed by atoms with van der Waals surface area (Å²) in [5, 5.41) is 2.52. The largest absolute Gasteiger partial charge is 0.460 e. The second-order valence-corrected chi connectivity index (χ2v) is 4.70. The molecular weight excluding hydrogens is 228 g/mol. The number of fused-ring (bicyclic) bond motifs is 3. The van der Waals surface area contributed by atoms with Gasteiger partial charge in [0.05, 0.1) is 0 Å². The third-order valence-electron chi connectivity index (χ3n) is 3.51. The van der Waals surface area contributed by atoms with Gasteiger partial charge in [-0.25, -0.2) is 0 Å². The minimum absolute atomic E-state index is 0.471. The maximum Gasteiger partial charge on any atom is 0.226 e. The third kappa shape index (κ3) is 1.30. The van der Waals surface area contributed by atoms with Gasteiger partial charge in [0.2, 0.25) is 11.6 Å². The molecule has 1 aliphatic rings. The lowest BCUT2D eigenvalue weighted by molar-refractivity contribution is -0.129. The van der Waals surface area contributed by atoms with Crippen molar-refractivity contribution in [3.05, 3.63) is 33.4 Å². The highest BCUT2D eigenvalue weighted by atomic mass is 16.3. The molecule has 0 spiro atoms. The average molecular weight is 240 g/mol. The molecule has 0 atom stereocenters. The van der Waals surface area contributed by atoms with Crippen LogP contribution in [0.3, 0.4) is 0 Å². The van der Waals surface area contributed by atoms with Crippen molar-refractivity contribution in [1.82, 2.24) is 0 Å². The van der Waals surface area contributed by atoms with Gasteiger partial charge in [-0.3, -0.25) is 9.59 Å². The van der Waals surface area contributed by atoms with Crippen LogP contribution >= 0.6 is 0 Å². The predicted molar refractivity (Wildman–Crippen MR) is 68.6 cm³/mol. The van der Waals surface area contributed by atoms with E-state index >= 15 is 0 Å². The van der Waals surface area contributed by atoms with Crippen molar-refractivity contribution in [2.45, 2.75) is 20.8 Å². The van der Waals surface area contributed by atoms with Crippen molar-refractivity contribution in [1.29, 1.82) is 0 Å². The second kappa shape index (κ2) is 3.42. The molecule has 2 aromatic rings. The molecule has 0 N–H and O–H groups in total. The van der Waals surface area contributed by atoms with Gasteiger partial charge in [-0.1, -0.05) is 6.07 Å². The first kappa shape index (κ1) is 11.0. The number of benzene rings is 1. The Hall–Kier alpha value is -2.16. The number of hydrogen-bond donors (Lipinski definition) is 0. The summed E-state index contributed by atoms with van der Waals surface area (Å²) in [6.07, 6.45) is 2.76. The molecule has 0 saturated heterocycles. The van der Waals surface area contributed by atoms with Gasteiger partial charge in [0.15, 0.2) is 0 Å². The van der Waals surface area contributed by atoms with E-state index in [4.69, 9.17) is 4.42 Å². The van der Waals surface area contributed by atoms with Crippen molar-refractivity contribution in [2.75, 3.05) is 0 Å². The number of aryl methyl sites for hydroxylation is 3. The quantitative estimate of drug-likeness (QED) is 0.647. The van der Waals surface area contributed by atoms with Crippen LogP contribution in [0.25, 0.3) is 23.1 Å². The number of carbonyl (C=O) groups excluding carboxylic acids is 2. The van der Waals surface area contributed by atoms with Gasteiger partial charge in [0.25, 0.3) is 0 Å². The van der Waals surface area contributed by atoms with Crippen molar-refractivity contribution >= 4 is 34.7 Å². The number of furan rings is 1. The van der Waals surface area contributed by atoms with Crippen LogP contribution < -0.4 is 10.4 Å². The standard InChI is InChI=1S/C15H12O3/c1-7-4-10-5-12(16)13(17)6-11(10)15-14(7)8(2)9(3)18-15/h4-6H,1-3H3. The molecule has 18 heavy (non-hydrogen) atoms. The number of hydrogen-bond acceptors (Lipinski definition) is 3. The molecule has 1 aliphatic carbocycles. The van der Waals surface area contributed by atoms with E-state index in [2.05, 4.69) is 0 Å². The molecule has 90 valence electrons. The Balaban J connectivity index is 2.64. The van der Waals surface area contributed by atoms with Crippen LogP contribution in [0.5, 0.6) is 0 Å². The normalized spacial score (nSPS) is 14.4. The van der Waals surface area contributed by atoms with E-state index in [-0.39, 0.29) is 0 Å². The Morgan fingerprint density at radius 1 is 1.00 bits per heavy atom. The van der Waals surface area contributed by atoms with Crippen molar-refractivity contribution < 1.29 is 14.0 Å². The van der Waals surface area contributed by atoms with E-state index in [1.54, 1.807) is 0 Å². The van der Waals surface area contributed by atoms with Gasteiger partial charge < -0.3 is 4.42 Å². The topological polar surface area (TPSA) is 47.3 Å². The van der Waals surface area contributed by atoms with E-state index in [0.717, 1.165) is 32.7 Å². The van der Waals surface area contributed by atoms with E-state index in [1.807, 2.05) is 26.8 Å². The average Bonchev–Trinajstić information content (AvgIpc) is 2.60. The zero-order valence-corrected chi connectivity index (χ0v) is 10.5. The summed E-state index contributed by atoms with van der Waals surface area (Å²) in [4.78, 5) is 22.9. The lowest BCUT2D eigenvalue weighted by Gasteiger charge is -2.02. The van der Waals surface area contributed by atoms with Crippen LogP contribution in [0, 0.1) is 20.8 Å². The fourth-order valence-electron chi connectivity index (χ4n) is 2.49. The summed E-state index contributed by atoms with van der Waals surface area (Å²) in [6, 6.07) is 1.93. The second-order valence-electron chi connectivity index (χ2n) is 4.70. The number of carbonyl (C=O) groups is 2. The Kier molecular flexibility index (Phi) is 2.08. The number of Topliss-reactive ketones (excluding diaryl/α,β-unsaturated/α-hetero) is 2. The van der Waals surface area contributed by atoms with E-state index in [1.165, 1.54) is 12.2 Å². The highest BCUT2D eigenvalue weighted by molar-refractivity contribution is 6.57. The minimum atomic E-state index is -0.487. The SMILES string of the molecule is Cc1oc2c3c(cc(C)c2c1C)=CC(=O)C(=O)C=3. The van der Waals surface area contributed by atoms with Gasteiger partial charge in [-0.05, 0) is 43.2 Å². The van der Waals surface area contributed by atoms with Gasteiger partial charge in [0, 0.05) is 16.7 Å². The Bertz CT molecular complexity index is 835. The molecule has 0 fully saturated rings. The van der Waals surface area contributed by atoms with Crippen LogP contribution in [0.4, 0.5) is 0 Å². The summed E-state index contributed by atoms with van der Waals surface area (Å²) < 4.78 is 5.75. The van der Waals surface area contributed by atoms with E-state index in [9.17, 15) is 9.59 Å². The molecule has 0 aliphatic heterocycles. The molecule has 1 heterocycles. The third-order valence-corrected chi connectivity index (χ3v) is 3.51. The van der Waals surface area contributed by atoms with Gasteiger partial charge in [0.1, 0.15) is 11.3 Å². The zero-order valence-electron chi connectivity index (χ0n) is 10.5. The van der Waals surface area contributed by atoms with Gasteiger partial charge in [-0.2, -0.15) is 0 Å². The van der Waals surface area contributed by atoms with Crippen molar-refractivity contribution in [3.63, 3.8) is 0 Å². The van der Waals surface area contributed by atoms with Crippen molar-refractivity contribution in [3.8, 4) is 0 Å². The minimum Gasteiger partial charge on any atom is -0.460 e. The smallest absolute Gasteiger partial charge is 0.226 e. The fourth-order valence-corrected chi connectivity index (χ4v) is 2.49. The first-order valence-corrected chi connectivity index (χ1v) is 5.80. The van der Waals surface area contributed by atoms with Gasteiger partial charge >= 0.3 is 0 Å². The van der Waals surface area contributed by atoms with Crippen LogP contribution in [-0.4, -0.2) is 11.6 Å². The molecule has 0 bridgehead atoms. The van der Waals surface area contributed by atoms with E-state index < -0.39 is 11.6 Å². The van der Waals surface area contributed by atoms with Gasteiger partial charge in [-0.15, -0.1) is 0 Å². The van der Waals surface area contributed by atoms with Crippen LogP contribution in [0.1, 0.15) is 16.9 Å². The molecule has 0 amide bonds. The van der Waals surface area contributed by atoms with Crippen molar-refractivity contribution in [2.24, 2.45) is 0 Å². The summed E-state index contributed by atoms with van der Waals surface area (Å²) >= 11 is 0. The highest BCUT2D eigenvalue weighted by Crippen LogP contribution is 2.24. The molecule has 0 unspecified atom stereocenters. The molecule has 3 rings (SSSR count). The monoisotopic (exact) mass is 240 g/mol. The molecular formula is C15H12O3. The summed E-state index contributed by atoms with van der Waals surface area (Å²) in [6.45, 7) is 5.89. The molecule has 0 radical (unpaired) electrons. The number of rotatable bonds is 0. The zero-order chi connectivity index (χ0) is 13.0. The van der Waals surface area contributed by atoms with Crippen LogP contribution in [0.2, 0.25) is 0 Å². The number of ketones is 2. The van der Waals surface area contributed by atoms with E-state index in [0.29, 0.717) is 5.58 Å². The molecule has 1 aromatic heterocycles. The summed E-state index contributed by atoms with van der Waals surface area (Å²) in [5.41, 5.74) is 2.85. The maximum absolute atomic E-state index is 11.5. The Labute approximate surface area is 103 Å². The molecule has 3 nitrogen and oxygen atoms in total. The highest BCUT2D eigenvalue weighted by Gasteiger charge is 2.17. The first-order valence-electron chi connectivity index (χ1n) is 5.80. The maximum atomic E-state index is 11.5. The predicted octanol–water partition coefficient (Wildman–Crippen LogP) is 1.07. The Morgan fingerprint density at radius 3 is 2.39 bits per heavy atom. The lowest BCUT2D eigenvalue weighted by atomic mass is 9.99. The summed E-state index contributed by atoms with van der Waals surface area (Å²) in [5.74, 6) is -0.111. The summed E-state index contributed by atoms with van der Waals surface area (Å²) in [7, 11) is 0. The first-order chi connectivity index (χ1) is 8.49. The fraction of sp³-hybridized carbons (Fsp3) is 0.200. The van der Waals surface area contributed by atoms with Crippen LogP contribution in [-0.2, 0) is 9.59 Å². The van der Waals surface area contributed by atoms with Crippen LogP contribution in [0.15, 0.2) is 10.5 Å². The molecule has 1 aromatic carbocycles. The Morgan fingerprint density at radius 2 is 1.67 bits per heavy atom. The lowest BCUT2D eigenvalue weighted by Crippen LogP contribution is -2.34. The molecule has 3 heteroatoms.